The van der Waals surface area contributed by atoms with E-state index in [2.05, 4.69) is 0 Å². The molecule has 4 heteroatoms. The van der Waals surface area contributed by atoms with Crippen molar-refractivity contribution in [2.75, 3.05) is 18.6 Å². The van der Waals surface area contributed by atoms with Gasteiger partial charge >= 0.3 is 0 Å². The summed E-state index contributed by atoms with van der Waals surface area (Å²) >= 11 is 9.53. The van der Waals surface area contributed by atoms with Crippen molar-refractivity contribution in [3.8, 4) is 0 Å². The highest BCUT2D eigenvalue weighted by molar-refractivity contribution is 6.40. The molecule has 0 aromatic carbocycles. The van der Waals surface area contributed by atoms with Gasteiger partial charge in [-0.25, -0.2) is 0 Å². The molecule has 1 fully saturated rings. The maximum absolute atomic E-state index is 4.94. The zero-order valence-electron chi connectivity index (χ0n) is 5.20. The standard InChI is InChI=1S/C4H8O.CH2Cl2.H2O/c1-2-4-5-3-1;2-1-3;/h1-4H2;1H2;1H2. The first-order valence-electron chi connectivity index (χ1n) is 2.61. The molecule has 0 amide bonds. The third-order valence-electron chi connectivity index (χ3n) is 0.827. The maximum atomic E-state index is 4.94. The van der Waals surface area contributed by atoms with Gasteiger partial charge in [-0.05, 0) is 12.8 Å². The molecule has 9 heavy (non-hydrogen) atoms. The molecule has 0 bridgehead atoms. The van der Waals surface area contributed by atoms with Crippen molar-refractivity contribution in [2.45, 2.75) is 12.8 Å². The zero-order chi connectivity index (χ0) is 6.24. The first-order chi connectivity index (χ1) is 3.91. The van der Waals surface area contributed by atoms with Crippen molar-refractivity contribution >= 4 is 23.2 Å². The minimum Gasteiger partial charge on any atom is -0.412 e. The molecule has 0 radical (unpaired) electrons. The van der Waals surface area contributed by atoms with E-state index in [1.807, 2.05) is 0 Å². The fourth-order valence-electron chi connectivity index (χ4n) is 0.510. The van der Waals surface area contributed by atoms with Crippen LogP contribution in [0.3, 0.4) is 0 Å². The molecular formula is C5H12Cl2O2. The predicted octanol–water partition coefficient (Wildman–Crippen LogP) is 1.39. The largest absolute Gasteiger partial charge is 0.412 e. The van der Waals surface area contributed by atoms with Gasteiger partial charge in [0.2, 0.25) is 0 Å². The van der Waals surface area contributed by atoms with E-state index >= 15 is 0 Å². The van der Waals surface area contributed by atoms with Gasteiger partial charge in [-0.1, -0.05) is 0 Å². The highest BCUT2D eigenvalue weighted by atomic mass is 35.5. The summed E-state index contributed by atoms with van der Waals surface area (Å²) in [7, 11) is 0. The van der Waals surface area contributed by atoms with Crippen LogP contribution in [-0.2, 0) is 4.74 Å². The Balaban J connectivity index is 0. The van der Waals surface area contributed by atoms with Gasteiger partial charge in [-0.15, -0.1) is 23.2 Å². The molecule has 0 spiro atoms. The summed E-state index contributed by atoms with van der Waals surface area (Å²) in [4.78, 5) is 0. The van der Waals surface area contributed by atoms with Gasteiger partial charge in [0, 0.05) is 13.2 Å². The molecule has 1 aliphatic heterocycles. The summed E-state index contributed by atoms with van der Waals surface area (Å²) in [6.07, 6.45) is 2.56. The summed E-state index contributed by atoms with van der Waals surface area (Å²) < 4.78 is 4.94. The Morgan fingerprint density at radius 2 is 1.44 bits per heavy atom. The molecule has 0 aromatic heterocycles. The average Bonchev–Trinajstić information content (AvgIpc) is 2.17. The van der Waals surface area contributed by atoms with Crippen LogP contribution in [0.25, 0.3) is 0 Å². The summed E-state index contributed by atoms with van der Waals surface area (Å²) in [5.41, 5.74) is 0. The molecule has 1 saturated heterocycles. The van der Waals surface area contributed by atoms with Gasteiger partial charge in [-0.3, -0.25) is 0 Å². The van der Waals surface area contributed by atoms with Gasteiger partial charge in [0.25, 0.3) is 0 Å². The number of ether oxygens (including phenoxy) is 1. The van der Waals surface area contributed by atoms with Gasteiger partial charge in [0.05, 0.1) is 5.34 Å². The minimum absolute atomic E-state index is 0. The normalized spacial score (nSPS) is 15.3. The topological polar surface area (TPSA) is 40.7 Å². The fraction of sp³-hybridized carbons (Fsp3) is 1.00. The summed E-state index contributed by atoms with van der Waals surface area (Å²) in [6.45, 7) is 2.00. The SMILES string of the molecule is C1CCOC1.ClCCl.O. The molecular weight excluding hydrogens is 163 g/mol. The van der Waals surface area contributed by atoms with Crippen LogP contribution in [0.2, 0.25) is 0 Å². The Morgan fingerprint density at radius 3 is 1.56 bits per heavy atom. The van der Waals surface area contributed by atoms with Crippen LogP contribution >= 0.6 is 23.2 Å². The van der Waals surface area contributed by atoms with Crippen LogP contribution in [0.5, 0.6) is 0 Å². The first kappa shape index (κ1) is 12.2. The molecule has 0 aliphatic carbocycles. The second-order valence-electron chi connectivity index (χ2n) is 1.42. The number of hydrogen-bond donors (Lipinski definition) is 0. The highest BCUT2D eigenvalue weighted by Crippen LogP contribution is 1.98. The third-order valence-corrected chi connectivity index (χ3v) is 0.827. The summed E-state index contributed by atoms with van der Waals surface area (Å²) in [6, 6.07) is 0. The van der Waals surface area contributed by atoms with E-state index in [1.54, 1.807) is 0 Å². The van der Waals surface area contributed by atoms with Crippen LogP contribution in [0.15, 0.2) is 0 Å². The van der Waals surface area contributed by atoms with E-state index in [-0.39, 0.29) is 10.8 Å². The molecule has 0 unspecified atom stereocenters. The Hall–Kier alpha value is 0.500. The Bertz CT molecular complexity index is 32.3. The van der Waals surface area contributed by atoms with Gasteiger partial charge in [-0.2, -0.15) is 0 Å². The quantitative estimate of drug-likeness (QED) is 0.513. The number of halogens is 2. The van der Waals surface area contributed by atoms with E-state index in [1.165, 1.54) is 12.8 Å². The molecule has 2 nitrogen and oxygen atoms in total. The van der Waals surface area contributed by atoms with Crippen LogP contribution in [-0.4, -0.2) is 24.0 Å². The molecule has 0 aromatic rings. The average molecular weight is 175 g/mol. The van der Waals surface area contributed by atoms with Crippen molar-refractivity contribution in [1.82, 2.24) is 0 Å². The Kier molecular flexibility index (Phi) is 15.3. The zero-order valence-corrected chi connectivity index (χ0v) is 6.71. The van der Waals surface area contributed by atoms with E-state index in [4.69, 9.17) is 27.9 Å². The molecule has 58 valence electrons. The molecule has 1 aliphatic rings. The van der Waals surface area contributed by atoms with Crippen molar-refractivity contribution in [1.29, 1.82) is 0 Å². The van der Waals surface area contributed by atoms with Crippen molar-refractivity contribution in [2.24, 2.45) is 0 Å². The number of rotatable bonds is 0. The lowest BCUT2D eigenvalue weighted by molar-refractivity contribution is 0.198. The van der Waals surface area contributed by atoms with Gasteiger partial charge < -0.3 is 10.2 Å². The molecule has 0 saturated carbocycles. The second kappa shape index (κ2) is 11.3. The number of hydrogen-bond acceptors (Lipinski definition) is 1. The van der Waals surface area contributed by atoms with Gasteiger partial charge in [0.1, 0.15) is 0 Å². The Morgan fingerprint density at radius 1 is 1.11 bits per heavy atom. The van der Waals surface area contributed by atoms with Crippen molar-refractivity contribution in [3.05, 3.63) is 0 Å². The lowest BCUT2D eigenvalue weighted by Crippen LogP contribution is -1.74. The lowest BCUT2D eigenvalue weighted by Gasteiger charge is -1.76. The molecule has 1 heterocycles. The summed E-state index contributed by atoms with van der Waals surface area (Å²) in [5.74, 6) is 0. The van der Waals surface area contributed by atoms with E-state index in [0.29, 0.717) is 0 Å². The van der Waals surface area contributed by atoms with E-state index < -0.39 is 0 Å². The van der Waals surface area contributed by atoms with Crippen LogP contribution in [0.4, 0.5) is 0 Å². The van der Waals surface area contributed by atoms with E-state index in [0.717, 1.165) is 13.2 Å². The van der Waals surface area contributed by atoms with Crippen molar-refractivity contribution < 1.29 is 10.2 Å². The Labute approximate surface area is 65.4 Å². The monoisotopic (exact) mass is 174 g/mol. The van der Waals surface area contributed by atoms with Gasteiger partial charge in [0.15, 0.2) is 0 Å². The predicted molar refractivity (Wildman–Crippen MR) is 40.2 cm³/mol. The van der Waals surface area contributed by atoms with Crippen LogP contribution in [0, 0.1) is 0 Å². The smallest absolute Gasteiger partial charge is 0.0967 e. The second-order valence-corrected chi connectivity index (χ2v) is 2.23. The third kappa shape index (κ3) is 11.9. The molecule has 0 atom stereocenters. The first-order valence-corrected chi connectivity index (χ1v) is 3.68. The summed E-state index contributed by atoms with van der Waals surface area (Å²) in [5, 5.41) is 0.194. The molecule has 1 rings (SSSR count). The van der Waals surface area contributed by atoms with Crippen LogP contribution < -0.4 is 0 Å². The fourth-order valence-corrected chi connectivity index (χ4v) is 0.510. The maximum Gasteiger partial charge on any atom is 0.0967 e. The highest BCUT2D eigenvalue weighted by Gasteiger charge is 1.94. The lowest BCUT2D eigenvalue weighted by atomic mass is 10.4. The van der Waals surface area contributed by atoms with E-state index in [9.17, 15) is 0 Å². The minimum atomic E-state index is 0. The van der Waals surface area contributed by atoms with Crippen LogP contribution in [0.1, 0.15) is 12.8 Å². The molecule has 2 N–H and O–H groups in total. The van der Waals surface area contributed by atoms with Crippen molar-refractivity contribution in [3.63, 3.8) is 0 Å². The number of alkyl halides is 2.